The van der Waals surface area contributed by atoms with Crippen LogP contribution in [0.1, 0.15) is 52.9 Å². The highest BCUT2D eigenvalue weighted by atomic mass is 15.4. The molecule has 0 atom stereocenters. The number of hydrogen-bond donors (Lipinski definition) is 2. The van der Waals surface area contributed by atoms with E-state index >= 15 is 0 Å². The average Bonchev–Trinajstić information content (AvgIpc) is 3.10. The molecule has 9 nitrogen and oxygen atoms in total. The second kappa shape index (κ2) is 7.72. The van der Waals surface area contributed by atoms with Crippen LogP contribution < -0.4 is 5.32 Å². The van der Waals surface area contributed by atoms with E-state index in [0.29, 0.717) is 23.9 Å². The molecule has 2 aromatic rings. The molecule has 2 heterocycles. The smallest absolute Gasteiger partial charge is 0.255 e. The molecule has 0 saturated heterocycles. The van der Waals surface area contributed by atoms with Gasteiger partial charge in [0.05, 0.1) is 18.9 Å². The topological polar surface area (TPSA) is 90.8 Å². The first kappa shape index (κ1) is 21.6. The maximum absolute atomic E-state index is 7.54. The summed E-state index contributed by atoms with van der Waals surface area (Å²) in [6.45, 7) is 20.5. The summed E-state index contributed by atoms with van der Waals surface area (Å²) in [5.41, 5.74) is 2.20. The van der Waals surface area contributed by atoms with Crippen LogP contribution in [0.15, 0.2) is 10.2 Å². The van der Waals surface area contributed by atoms with Crippen molar-refractivity contribution in [2.45, 2.75) is 52.4 Å². The van der Waals surface area contributed by atoms with Crippen molar-refractivity contribution < 1.29 is 0 Å². The Morgan fingerprint density at radius 1 is 1.14 bits per heavy atom. The molecule has 2 aromatic heterocycles. The number of aryl methyl sites for hydroxylation is 1. The Morgan fingerprint density at radius 2 is 1.79 bits per heavy atom. The summed E-state index contributed by atoms with van der Waals surface area (Å²) in [4.78, 5) is 5.65. The zero-order chi connectivity index (χ0) is 21.3. The molecule has 2 rings (SSSR count). The van der Waals surface area contributed by atoms with Gasteiger partial charge in [-0.05, 0) is 19.5 Å². The predicted molar refractivity (Wildman–Crippen MR) is 112 cm³/mol. The fourth-order valence-corrected chi connectivity index (χ4v) is 2.67. The second-order valence-corrected chi connectivity index (χ2v) is 9.17. The largest absolute Gasteiger partial charge is 0.356 e. The van der Waals surface area contributed by atoms with Gasteiger partial charge in [0.15, 0.2) is 11.5 Å². The Morgan fingerprint density at radius 3 is 2.29 bits per heavy atom. The van der Waals surface area contributed by atoms with E-state index in [2.05, 4.69) is 56.5 Å². The summed E-state index contributed by atoms with van der Waals surface area (Å²) in [5.74, 6) is 1.07. The number of anilines is 1. The molecule has 0 spiro atoms. The van der Waals surface area contributed by atoms with Gasteiger partial charge in [0.25, 0.3) is 5.69 Å². The Kier molecular flexibility index (Phi) is 5.94. The second-order valence-electron chi connectivity index (χ2n) is 9.17. The minimum Gasteiger partial charge on any atom is -0.356 e. The number of nitrogens with one attached hydrogen (secondary N) is 2. The monoisotopic (exact) mass is 385 g/mol. The van der Waals surface area contributed by atoms with Gasteiger partial charge >= 0.3 is 0 Å². The van der Waals surface area contributed by atoms with Crippen molar-refractivity contribution in [3.63, 3.8) is 0 Å². The highest BCUT2D eigenvalue weighted by Gasteiger charge is 2.27. The third-order valence-corrected chi connectivity index (χ3v) is 4.12. The van der Waals surface area contributed by atoms with Crippen molar-refractivity contribution in [1.29, 1.82) is 0 Å². The van der Waals surface area contributed by atoms with Gasteiger partial charge < -0.3 is 5.32 Å². The van der Waals surface area contributed by atoms with Crippen molar-refractivity contribution in [3.8, 4) is 0 Å². The molecule has 28 heavy (non-hydrogen) atoms. The van der Waals surface area contributed by atoms with E-state index in [0.717, 1.165) is 17.2 Å². The molecule has 0 aliphatic carbocycles. The van der Waals surface area contributed by atoms with Gasteiger partial charge in [-0.15, -0.1) is 10.2 Å². The standard InChI is InChI=1S/C19H31N9/c1-18(2,3)14-12(20-7)16(25-23-14)24-22-13-15(19(4,5)6)26-28(10)17(13)21-11-27(8)9/h21H,11H2,1-6,8-10H3,(H,23,25). The van der Waals surface area contributed by atoms with Crippen molar-refractivity contribution in [2.24, 2.45) is 17.3 Å². The summed E-state index contributed by atoms with van der Waals surface area (Å²) in [6, 6.07) is 0. The number of aromatic nitrogens is 4. The molecule has 0 radical (unpaired) electrons. The molecular weight excluding hydrogens is 354 g/mol. The molecular formula is C19H31N9. The lowest BCUT2D eigenvalue weighted by Gasteiger charge is -2.16. The summed E-state index contributed by atoms with van der Waals surface area (Å²) >= 11 is 0. The molecule has 2 N–H and O–H groups in total. The van der Waals surface area contributed by atoms with Crippen LogP contribution in [0.5, 0.6) is 0 Å². The molecule has 0 aliphatic rings. The van der Waals surface area contributed by atoms with Gasteiger partial charge in [-0.2, -0.15) is 10.2 Å². The highest BCUT2D eigenvalue weighted by molar-refractivity contribution is 5.68. The van der Waals surface area contributed by atoms with E-state index in [-0.39, 0.29) is 10.8 Å². The summed E-state index contributed by atoms with van der Waals surface area (Å²) < 4.78 is 1.78. The van der Waals surface area contributed by atoms with E-state index < -0.39 is 0 Å². The molecule has 0 saturated carbocycles. The van der Waals surface area contributed by atoms with Crippen LogP contribution in [0, 0.1) is 6.57 Å². The Hall–Kier alpha value is -2.73. The van der Waals surface area contributed by atoms with Crippen LogP contribution in [0.3, 0.4) is 0 Å². The van der Waals surface area contributed by atoms with Crippen molar-refractivity contribution in [3.05, 3.63) is 22.8 Å². The summed E-state index contributed by atoms with van der Waals surface area (Å²) in [6.07, 6.45) is 0. The maximum Gasteiger partial charge on any atom is 0.255 e. The third-order valence-electron chi connectivity index (χ3n) is 4.12. The van der Waals surface area contributed by atoms with Crippen LogP contribution in [0.4, 0.5) is 23.0 Å². The van der Waals surface area contributed by atoms with Gasteiger partial charge in [-0.25, -0.2) is 4.85 Å². The molecule has 0 unspecified atom stereocenters. The van der Waals surface area contributed by atoms with Crippen molar-refractivity contribution in [1.82, 2.24) is 24.9 Å². The zero-order valence-corrected chi connectivity index (χ0v) is 18.3. The van der Waals surface area contributed by atoms with E-state index in [9.17, 15) is 0 Å². The first-order valence-electron chi connectivity index (χ1n) is 9.20. The van der Waals surface area contributed by atoms with E-state index in [1.54, 1.807) is 4.68 Å². The number of H-pyrrole nitrogens is 1. The van der Waals surface area contributed by atoms with Gasteiger partial charge in [-0.1, -0.05) is 41.5 Å². The van der Waals surface area contributed by atoms with Gasteiger partial charge in [0.2, 0.25) is 5.82 Å². The fraction of sp³-hybridized carbons (Fsp3) is 0.632. The Balaban J connectivity index is 2.53. The number of nitrogens with zero attached hydrogens (tertiary/aromatic N) is 7. The highest BCUT2D eigenvalue weighted by Crippen LogP contribution is 2.40. The first-order valence-corrected chi connectivity index (χ1v) is 9.20. The van der Waals surface area contributed by atoms with Crippen molar-refractivity contribution >= 4 is 23.0 Å². The Bertz CT molecular complexity index is 896. The number of hydrogen-bond acceptors (Lipinski definition) is 6. The van der Waals surface area contributed by atoms with Crippen LogP contribution >= 0.6 is 0 Å². The van der Waals surface area contributed by atoms with Crippen LogP contribution in [0.2, 0.25) is 0 Å². The number of rotatable bonds is 5. The van der Waals surface area contributed by atoms with Crippen LogP contribution in [0.25, 0.3) is 4.85 Å². The minimum absolute atomic E-state index is 0.213. The van der Waals surface area contributed by atoms with Gasteiger partial charge in [0.1, 0.15) is 0 Å². The normalized spacial score (nSPS) is 12.8. The molecule has 9 heteroatoms. The molecule has 0 aliphatic heterocycles. The average molecular weight is 386 g/mol. The predicted octanol–water partition coefficient (Wildman–Crippen LogP) is 4.64. The zero-order valence-electron chi connectivity index (χ0n) is 18.3. The van der Waals surface area contributed by atoms with E-state index in [1.807, 2.05) is 46.8 Å². The van der Waals surface area contributed by atoms with Gasteiger partial charge in [-0.3, -0.25) is 14.7 Å². The van der Waals surface area contributed by atoms with Crippen LogP contribution in [-0.4, -0.2) is 45.6 Å². The van der Waals surface area contributed by atoms with Gasteiger partial charge in [0, 0.05) is 18.2 Å². The quantitative estimate of drug-likeness (QED) is 0.446. The van der Waals surface area contributed by atoms with Crippen LogP contribution in [-0.2, 0) is 17.9 Å². The Labute approximate surface area is 167 Å². The lowest BCUT2D eigenvalue weighted by atomic mass is 9.91. The number of aromatic amines is 1. The fourth-order valence-electron chi connectivity index (χ4n) is 2.67. The molecule has 0 aromatic carbocycles. The SMILES string of the molecule is [C-]#[N+]c1c(N=Nc2c(C(C)(C)C)nn(C)c2NCN(C)C)n[nH]c1C(C)(C)C. The molecule has 0 bridgehead atoms. The van der Waals surface area contributed by atoms with Crippen molar-refractivity contribution in [2.75, 3.05) is 26.1 Å². The lowest BCUT2D eigenvalue weighted by Crippen LogP contribution is -2.21. The minimum atomic E-state index is -0.232. The molecule has 0 fully saturated rings. The summed E-state index contributed by atoms with van der Waals surface area (Å²) in [7, 11) is 5.84. The summed E-state index contributed by atoms with van der Waals surface area (Å²) in [5, 5.41) is 24.0. The number of azo groups is 1. The third kappa shape index (κ3) is 4.57. The first-order chi connectivity index (χ1) is 12.9. The molecule has 0 amide bonds. The lowest BCUT2D eigenvalue weighted by molar-refractivity contribution is 0.438. The van der Waals surface area contributed by atoms with E-state index in [1.165, 1.54) is 0 Å². The molecule has 152 valence electrons. The van der Waals surface area contributed by atoms with E-state index in [4.69, 9.17) is 6.57 Å². The maximum atomic E-state index is 7.54.